The summed E-state index contributed by atoms with van der Waals surface area (Å²) in [6.07, 6.45) is -8.48. The van der Waals surface area contributed by atoms with Crippen molar-refractivity contribution in [2.24, 2.45) is 5.41 Å². The Kier molecular flexibility index (Phi) is 16.2. The van der Waals surface area contributed by atoms with Crippen molar-refractivity contribution in [1.29, 1.82) is 0 Å². The standard InChI is InChI=1S/C25H42N7O18P3S/c1-13(33)8-16(35)54-7-6-27-15(34)4-5-28-23(38)20(37)25(2,3)10-47-53(44,45)50-52(42,43)46-9-14-19(49-51(39,40)41)18(36)24(48-14)32-12-31-17-21(26)29-11-30-22(17)32/h11-14,18-20,24,33,36-37H,4-10H2,1-3H3,(H,27,34)(H,28,38)(H,42,43)(H,44,45)(H2,26,29,30)(H2,39,40,41)/p-4/t13?,14-,18-,19-,20?,24-/m1/s1. The van der Waals surface area contributed by atoms with Gasteiger partial charge in [0.25, 0.3) is 15.6 Å². The van der Waals surface area contributed by atoms with Gasteiger partial charge in [0, 0.05) is 37.1 Å². The number of rotatable bonds is 21. The summed E-state index contributed by atoms with van der Waals surface area (Å²) in [6, 6.07) is 0. The molecule has 1 aliphatic rings. The highest BCUT2D eigenvalue weighted by Gasteiger charge is 2.47. The Morgan fingerprint density at radius 3 is 2.39 bits per heavy atom. The van der Waals surface area contributed by atoms with Crippen LogP contribution in [0.25, 0.3) is 11.2 Å². The van der Waals surface area contributed by atoms with Crippen LogP contribution in [0.3, 0.4) is 0 Å². The monoisotopic (exact) mass is 849 g/mol. The summed E-state index contributed by atoms with van der Waals surface area (Å²) in [7, 11) is -17.6. The number of carbonyl (C=O) groups excluding carboxylic acids is 3. The minimum Gasteiger partial charge on any atom is -0.790 e. The highest BCUT2D eigenvalue weighted by Crippen LogP contribution is 2.56. The third kappa shape index (κ3) is 13.9. The Balaban J connectivity index is 1.51. The van der Waals surface area contributed by atoms with Crippen molar-refractivity contribution in [1.82, 2.24) is 30.2 Å². The fourth-order valence-corrected chi connectivity index (χ4v) is 8.10. The average molecular weight is 850 g/mol. The van der Waals surface area contributed by atoms with Crippen LogP contribution in [0.4, 0.5) is 5.82 Å². The lowest BCUT2D eigenvalue weighted by Gasteiger charge is -2.36. The number of hydrogen-bond acceptors (Lipinski definition) is 23. The number of aliphatic hydroxyl groups excluding tert-OH is 3. The summed E-state index contributed by atoms with van der Waals surface area (Å²) in [5.74, 6) is -1.36. The fraction of sp³-hybridized carbons (Fsp3) is 0.680. The number of amides is 2. The first-order chi connectivity index (χ1) is 24.9. The van der Waals surface area contributed by atoms with Gasteiger partial charge in [-0.25, -0.2) is 19.3 Å². The molecule has 29 heteroatoms. The SMILES string of the molecule is CC(O)CC(=O)SCCNC(=O)CCNC(=O)C(O)C(C)(C)COP(=O)([O-])OP(=O)([O-])OC[C@H]1O[C@@H](n2cnc3c(N)ncnc32)[C@H](O)[C@@H]1OP(=O)([O-])[O-]. The highest BCUT2D eigenvalue weighted by molar-refractivity contribution is 8.13. The van der Waals surface area contributed by atoms with Crippen molar-refractivity contribution in [2.45, 2.75) is 70.4 Å². The lowest BCUT2D eigenvalue weighted by atomic mass is 9.87. The molecule has 306 valence electrons. The normalized spacial score (nSPS) is 22.6. The van der Waals surface area contributed by atoms with Crippen LogP contribution in [0.15, 0.2) is 12.7 Å². The Morgan fingerprint density at radius 1 is 1.07 bits per heavy atom. The molecule has 0 radical (unpaired) electrons. The van der Waals surface area contributed by atoms with Gasteiger partial charge in [0.2, 0.25) is 11.8 Å². The molecule has 2 aromatic heterocycles. The second-order valence-electron chi connectivity index (χ2n) is 12.3. The molecular weight excluding hydrogens is 811 g/mol. The van der Waals surface area contributed by atoms with E-state index in [4.69, 9.17) is 10.5 Å². The van der Waals surface area contributed by atoms with Crippen LogP contribution in [0.5, 0.6) is 0 Å². The molecule has 25 nitrogen and oxygen atoms in total. The van der Waals surface area contributed by atoms with Gasteiger partial charge in [0.1, 0.15) is 36.3 Å². The van der Waals surface area contributed by atoms with Gasteiger partial charge in [0.05, 0.1) is 33.5 Å². The van der Waals surface area contributed by atoms with Gasteiger partial charge < -0.3 is 74.1 Å². The molecule has 2 aromatic rings. The number of nitrogens with two attached hydrogens (primary N) is 1. The number of aromatic nitrogens is 4. The molecule has 1 saturated heterocycles. The molecule has 2 amide bonds. The van der Waals surface area contributed by atoms with Crippen LogP contribution < -0.4 is 35.9 Å². The zero-order valence-electron chi connectivity index (χ0n) is 28.7. The number of nitrogens with zero attached hydrogens (tertiary/aromatic N) is 4. The van der Waals surface area contributed by atoms with Gasteiger partial charge in [-0.15, -0.1) is 0 Å². The van der Waals surface area contributed by atoms with E-state index >= 15 is 0 Å². The first-order valence-electron chi connectivity index (χ1n) is 15.6. The van der Waals surface area contributed by atoms with Gasteiger partial charge in [-0.2, -0.15) is 0 Å². The van der Waals surface area contributed by atoms with Crippen molar-refractivity contribution in [3.63, 3.8) is 0 Å². The molecule has 0 aromatic carbocycles. The molecule has 0 saturated carbocycles. The molecule has 0 bridgehead atoms. The molecule has 1 fully saturated rings. The summed E-state index contributed by atoms with van der Waals surface area (Å²) in [5, 5.41) is 35.0. The first-order valence-corrected chi connectivity index (χ1v) is 20.9. The summed E-state index contributed by atoms with van der Waals surface area (Å²) < 4.78 is 60.3. The summed E-state index contributed by atoms with van der Waals surface area (Å²) >= 11 is 0.927. The number of ether oxygens (including phenoxy) is 1. The van der Waals surface area contributed by atoms with Crippen molar-refractivity contribution >= 4 is 69.1 Å². The molecule has 8 atom stereocenters. The fourth-order valence-electron chi connectivity index (χ4n) is 4.57. The molecule has 3 rings (SSSR count). The van der Waals surface area contributed by atoms with Crippen LogP contribution in [0, 0.1) is 5.41 Å². The number of fused-ring (bicyclic) bond motifs is 1. The molecule has 7 N–H and O–H groups in total. The Bertz CT molecular complexity index is 1780. The van der Waals surface area contributed by atoms with Crippen molar-refractivity contribution in [3.8, 4) is 0 Å². The maximum atomic E-state index is 12.5. The zero-order valence-corrected chi connectivity index (χ0v) is 32.1. The third-order valence-electron chi connectivity index (χ3n) is 7.20. The molecule has 1 aliphatic heterocycles. The lowest BCUT2D eigenvalue weighted by Crippen LogP contribution is -2.46. The number of thioether (sulfide) groups is 1. The third-order valence-corrected chi connectivity index (χ3v) is 11.1. The van der Waals surface area contributed by atoms with Gasteiger partial charge in [0.15, 0.2) is 22.8 Å². The van der Waals surface area contributed by atoms with Crippen LogP contribution in [-0.2, 0) is 50.7 Å². The largest absolute Gasteiger partial charge is 0.790 e. The number of anilines is 1. The van der Waals surface area contributed by atoms with Crippen molar-refractivity contribution < 1.29 is 85.6 Å². The lowest BCUT2D eigenvalue weighted by molar-refractivity contribution is -0.347. The van der Waals surface area contributed by atoms with Crippen LogP contribution in [0.1, 0.15) is 39.8 Å². The topological polar surface area (TPSA) is 395 Å². The quantitative estimate of drug-likeness (QED) is 0.0513. The molecular formula is C25H38N7O18P3S-4. The number of phosphoric acid groups is 3. The number of nitrogens with one attached hydrogen (secondary N) is 2. The van der Waals surface area contributed by atoms with Crippen molar-refractivity contribution in [2.75, 3.05) is 37.8 Å². The maximum Gasteiger partial charge on any atom is 0.274 e. The zero-order chi connectivity index (χ0) is 40.6. The molecule has 3 heterocycles. The van der Waals surface area contributed by atoms with Crippen LogP contribution in [-0.4, -0.2) is 114 Å². The maximum absolute atomic E-state index is 12.5. The van der Waals surface area contributed by atoms with Gasteiger partial charge in [-0.3, -0.25) is 28.1 Å². The second kappa shape index (κ2) is 19.1. The number of nitrogen functional groups attached to an aromatic ring is 1. The van der Waals surface area contributed by atoms with E-state index in [0.717, 1.165) is 29.0 Å². The minimum absolute atomic E-state index is 0.0260. The Morgan fingerprint density at radius 2 is 1.74 bits per heavy atom. The Labute approximate surface area is 310 Å². The van der Waals surface area contributed by atoms with Gasteiger partial charge in [-0.05, 0) is 6.92 Å². The minimum atomic E-state index is -5.92. The predicted octanol–water partition coefficient (Wildman–Crippen LogP) is -4.09. The molecule has 54 heavy (non-hydrogen) atoms. The molecule has 4 unspecified atom stereocenters. The summed E-state index contributed by atoms with van der Waals surface area (Å²) in [6.45, 7) is 1.43. The number of hydrogen-bond donors (Lipinski definition) is 6. The van der Waals surface area contributed by atoms with E-state index < -0.39 is 90.7 Å². The number of imidazole rings is 1. The number of carbonyl (C=O) groups is 3. The van der Waals surface area contributed by atoms with E-state index in [1.165, 1.54) is 20.8 Å². The number of phosphoric ester groups is 3. The second-order valence-corrected chi connectivity index (χ2v) is 17.5. The van der Waals surface area contributed by atoms with E-state index in [2.05, 4.69) is 43.5 Å². The van der Waals surface area contributed by atoms with E-state index in [1.54, 1.807) is 0 Å². The van der Waals surface area contributed by atoms with Crippen molar-refractivity contribution in [3.05, 3.63) is 12.7 Å². The van der Waals surface area contributed by atoms with Crippen LogP contribution >= 0.6 is 35.2 Å². The predicted molar refractivity (Wildman–Crippen MR) is 175 cm³/mol. The smallest absolute Gasteiger partial charge is 0.274 e. The molecule has 0 aliphatic carbocycles. The summed E-state index contributed by atoms with van der Waals surface area (Å²) in [4.78, 5) is 95.3. The van der Waals surface area contributed by atoms with Gasteiger partial charge in [-0.1, -0.05) is 25.6 Å². The van der Waals surface area contributed by atoms with E-state index in [-0.39, 0.29) is 53.8 Å². The van der Waals surface area contributed by atoms with E-state index in [1.807, 2.05) is 0 Å². The highest BCUT2D eigenvalue weighted by atomic mass is 32.2. The van der Waals surface area contributed by atoms with Crippen LogP contribution in [0.2, 0.25) is 0 Å². The average Bonchev–Trinajstić information content (AvgIpc) is 3.60. The summed E-state index contributed by atoms with van der Waals surface area (Å²) in [5.41, 5.74) is 4.04. The first kappa shape index (κ1) is 45.9. The Hall–Kier alpha value is -2.48. The number of aliphatic hydroxyl groups is 3. The van der Waals surface area contributed by atoms with Gasteiger partial charge >= 0.3 is 0 Å². The van der Waals surface area contributed by atoms with E-state index in [0.29, 0.717) is 0 Å². The molecule has 0 spiro atoms. The van der Waals surface area contributed by atoms with E-state index in [9.17, 15) is 63.0 Å².